The lowest BCUT2D eigenvalue weighted by Crippen LogP contribution is -2.12. The number of aromatic hydroxyl groups is 1. The van der Waals surface area contributed by atoms with Crippen LogP contribution in [-0.2, 0) is 0 Å². The SMILES string of the molecule is Cc1ccc(NC(=O)c2ccc(N)cc2O)cc1C. The minimum absolute atomic E-state index is 0.124. The molecule has 19 heavy (non-hydrogen) atoms. The van der Waals surface area contributed by atoms with Crippen LogP contribution >= 0.6 is 0 Å². The zero-order chi connectivity index (χ0) is 14.0. The summed E-state index contributed by atoms with van der Waals surface area (Å²) in [5.41, 5.74) is 9.10. The van der Waals surface area contributed by atoms with Crippen LogP contribution in [0.3, 0.4) is 0 Å². The van der Waals surface area contributed by atoms with Crippen molar-refractivity contribution in [3.8, 4) is 5.75 Å². The number of nitrogens with two attached hydrogens (primary N) is 1. The second-order valence-electron chi connectivity index (χ2n) is 4.53. The summed E-state index contributed by atoms with van der Waals surface area (Å²) in [5, 5.41) is 12.4. The van der Waals surface area contributed by atoms with Crippen LogP contribution < -0.4 is 11.1 Å². The van der Waals surface area contributed by atoms with Gasteiger partial charge in [-0.25, -0.2) is 0 Å². The van der Waals surface area contributed by atoms with Crippen LogP contribution in [-0.4, -0.2) is 11.0 Å². The molecule has 2 aromatic rings. The van der Waals surface area contributed by atoms with Gasteiger partial charge >= 0.3 is 0 Å². The lowest BCUT2D eigenvalue weighted by atomic mass is 10.1. The first kappa shape index (κ1) is 13.0. The highest BCUT2D eigenvalue weighted by Crippen LogP contribution is 2.22. The number of hydrogen-bond acceptors (Lipinski definition) is 3. The van der Waals surface area contributed by atoms with E-state index in [1.807, 2.05) is 32.0 Å². The standard InChI is InChI=1S/C15H16N2O2/c1-9-3-5-12(7-10(9)2)17-15(19)13-6-4-11(16)8-14(13)18/h3-8,18H,16H2,1-2H3,(H,17,19). The molecule has 0 bridgehead atoms. The number of nitrogens with one attached hydrogen (secondary N) is 1. The van der Waals surface area contributed by atoms with Crippen molar-refractivity contribution in [2.75, 3.05) is 11.1 Å². The monoisotopic (exact) mass is 256 g/mol. The maximum atomic E-state index is 12.0. The molecule has 0 aliphatic carbocycles. The number of aryl methyl sites for hydroxylation is 2. The van der Waals surface area contributed by atoms with E-state index in [1.165, 1.54) is 12.1 Å². The van der Waals surface area contributed by atoms with Crippen molar-refractivity contribution < 1.29 is 9.90 Å². The predicted octanol–water partition coefficient (Wildman–Crippen LogP) is 2.84. The van der Waals surface area contributed by atoms with Crippen LogP contribution in [0.1, 0.15) is 21.5 Å². The largest absolute Gasteiger partial charge is 0.507 e. The number of phenolic OH excluding ortho intramolecular Hbond substituents is 1. The summed E-state index contributed by atoms with van der Waals surface area (Å²) in [5.74, 6) is -0.484. The van der Waals surface area contributed by atoms with Gasteiger partial charge in [-0.3, -0.25) is 4.79 Å². The van der Waals surface area contributed by atoms with Crippen LogP contribution in [0.2, 0.25) is 0 Å². The lowest BCUT2D eigenvalue weighted by molar-refractivity contribution is 0.102. The lowest BCUT2D eigenvalue weighted by Gasteiger charge is -2.09. The summed E-state index contributed by atoms with van der Waals surface area (Å²) in [6, 6.07) is 10.1. The van der Waals surface area contributed by atoms with E-state index in [0.717, 1.165) is 11.1 Å². The van der Waals surface area contributed by atoms with Gasteiger partial charge in [0.1, 0.15) is 5.75 Å². The Bertz CT molecular complexity index is 636. The van der Waals surface area contributed by atoms with E-state index in [0.29, 0.717) is 11.4 Å². The molecule has 4 nitrogen and oxygen atoms in total. The molecule has 0 spiro atoms. The number of hydrogen-bond donors (Lipinski definition) is 3. The minimum atomic E-state index is -0.360. The van der Waals surface area contributed by atoms with Gasteiger partial charge in [0.15, 0.2) is 0 Å². The van der Waals surface area contributed by atoms with Crippen molar-refractivity contribution in [3.63, 3.8) is 0 Å². The van der Waals surface area contributed by atoms with Crippen LogP contribution in [0.15, 0.2) is 36.4 Å². The molecule has 4 heteroatoms. The van der Waals surface area contributed by atoms with Crippen molar-refractivity contribution in [1.29, 1.82) is 0 Å². The molecule has 0 saturated heterocycles. The van der Waals surface area contributed by atoms with Crippen molar-refractivity contribution in [2.45, 2.75) is 13.8 Å². The fourth-order valence-corrected chi connectivity index (χ4v) is 1.76. The van der Waals surface area contributed by atoms with E-state index >= 15 is 0 Å². The molecule has 0 radical (unpaired) electrons. The normalized spacial score (nSPS) is 10.2. The highest BCUT2D eigenvalue weighted by molar-refractivity contribution is 6.06. The molecule has 0 fully saturated rings. The molecule has 0 unspecified atom stereocenters. The first-order chi connectivity index (χ1) is 8.97. The average Bonchev–Trinajstić information content (AvgIpc) is 2.33. The molecular formula is C15H16N2O2. The Morgan fingerprint density at radius 3 is 2.47 bits per heavy atom. The predicted molar refractivity (Wildman–Crippen MR) is 76.4 cm³/mol. The average molecular weight is 256 g/mol. The van der Waals surface area contributed by atoms with E-state index in [-0.39, 0.29) is 17.2 Å². The minimum Gasteiger partial charge on any atom is -0.507 e. The number of rotatable bonds is 2. The van der Waals surface area contributed by atoms with Gasteiger partial charge in [-0.1, -0.05) is 6.07 Å². The van der Waals surface area contributed by atoms with Crippen molar-refractivity contribution in [3.05, 3.63) is 53.1 Å². The molecule has 0 atom stereocenters. The summed E-state index contributed by atoms with van der Waals surface area (Å²) in [6.07, 6.45) is 0. The number of nitrogen functional groups attached to an aromatic ring is 1. The van der Waals surface area contributed by atoms with E-state index in [4.69, 9.17) is 5.73 Å². The second-order valence-corrected chi connectivity index (χ2v) is 4.53. The molecule has 0 aromatic heterocycles. The Hall–Kier alpha value is -2.49. The zero-order valence-electron chi connectivity index (χ0n) is 10.9. The molecule has 1 amide bonds. The third kappa shape index (κ3) is 2.85. The van der Waals surface area contributed by atoms with E-state index in [9.17, 15) is 9.90 Å². The van der Waals surface area contributed by atoms with Crippen LogP contribution in [0.4, 0.5) is 11.4 Å². The van der Waals surface area contributed by atoms with Gasteiger partial charge in [-0.15, -0.1) is 0 Å². The first-order valence-electron chi connectivity index (χ1n) is 5.94. The van der Waals surface area contributed by atoms with Gasteiger partial charge in [0.05, 0.1) is 5.56 Å². The Labute approximate surface area is 111 Å². The summed E-state index contributed by atoms with van der Waals surface area (Å²) in [6.45, 7) is 3.98. The van der Waals surface area contributed by atoms with Crippen LogP contribution in [0.25, 0.3) is 0 Å². The number of carbonyl (C=O) groups excluding carboxylic acids is 1. The molecule has 2 rings (SSSR count). The number of phenols is 1. The summed E-state index contributed by atoms with van der Waals surface area (Å²) >= 11 is 0. The van der Waals surface area contributed by atoms with Gasteiger partial charge in [0.2, 0.25) is 0 Å². The molecule has 0 aliphatic rings. The third-order valence-electron chi connectivity index (χ3n) is 3.03. The maximum Gasteiger partial charge on any atom is 0.259 e. The number of amides is 1. The summed E-state index contributed by atoms with van der Waals surface area (Å²) in [7, 11) is 0. The van der Waals surface area contributed by atoms with Crippen molar-refractivity contribution in [1.82, 2.24) is 0 Å². The quantitative estimate of drug-likeness (QED) is 0.723. The molecule has 98 valence electrons. The molecule has 0 aliphatic heterocycles. The van der Waals surface area contributed by atoms with Gasteiger partial charge in [-0.05, 0) is 49.2 Å². The second kappa shape index (κ2) is 5.02. The third-order valence-corrected chi connectivity index (χ3v) is 3.03. The van der Waals surface area contributed by atoms with Gasteiger partial charge in [0, 0.05) is 17.4 Å². The fraction of sp³-hybridized carbons (Fsp3) is 0.133. The van der Waals surface area contributed by atoms with E-state index in [2.05, 4.69) is 5.32 Å². The number of benzene rings is 2. The smallest absolute Gasteiger partial charge is 0.259 e. The van der Waals surface area contributed by atoms with Crippen molar-refractivity contribution >= 4 is 17.3 Å². The van der Waals surface area contributed by atoms with Crippen LogP contribution in [0, 0.1) is 13.8 Å². The number of carbonyl (C=O) groups is 1. The molecule has 4 N–H and O–H groups in total. The topological polar surface area (TPSA) is 75.4 Å². The number of anilines is 2. The molecule has 2 aromatic carbocycles. The van der Waals surface area contributed by atoms with Crippen molar-refractivity contribution in [2.24, 2.45) is 0 Å². The highest BCUT2D eigenvalue weighted by Gasteiger charge is 2.11. The molecular weight excluding hydrogens is 240 g/mol. The van der Waals surface area contributed by atoms with E-state index < -0.39 is 0 Å². The highest BCUT2D eigenvalue weighted by atomic mass is 16.3. The zero-order valence-corrected chi connectivity index (χ0v) is 10.9. The summed E-state index contributed by atoms with van der Waals surface area (Å²) < 4.78 is 0. The van der Waals surface area contributed by atoms with Gasteiger partial charge < -0.3 is 16.2 Å². The Morgan fingerprint density at radius 1 is 1.11 bits per heavy atom. The fourth-order valence-electron chi connectivity index (χ4n) is 1.76. The van der Waals surface area contributed by atoms with Crippen LogP contribution in [0.5, 0.6) is 5.75 Å². The summed E-state index contributed by atoms with van der Waals surface area (Å²) in [4.78, 5) is 12.0. The Balaban J connectivity index is 2.23. The Morgan fingerprint density at radius 2 is 1.84 bits per heavy atom. The Kier molecular flexibility index (Phi) is 3.42. The van der Waals surface area contributed by atoms with E-state index in [1.54, 1.807) is 6.07 Å². The van der Waals surface area contributed by atoms with Gasteiger partial charge in [0.25, 0.3) is 5.91 Å². The maximum absolute atomic E-state index is 12.0. The van der Waals surface area contributed by atoms with Gasteiger partial charge in [-0.2, -0.15) is 0 Å². The first-order valence-corrected chi connectivity index (χ1v) is 5.94. The molecule has 0 saturated carbocycles. The molecule has 0 heterocycles.